The smallest absolute Gasteiger partial charge is 0.269 e. The van der Waals surface area contributed by atoms with Crippen molar-refractivity contribution in [1.82, 2.24) is 10.3 Å². The zero-order chi connectivity index (χ0) is 12.8. The molecule has 1 fully saturated rings. The Morgan fingerprint density at radius 1 is 1.44 bits per heavy atom. The maximum Gasteiger partial charge on any atom is 0.269 e. The van der Waals surface area contributed by atoms with Gasteiger partial charge in [0.05, 0.1) is 0 Å². The lowest BCUT2D eigenvalue weighted by Crippen LogP contribution is -2.27. The van der Waals surface area contributed by atoms with Gasteiger partial charge < -0.3 is 5.32 Å². The molecule has 0 bridgehead atoms. The van der Waals surface area contributed by atoms with E-state index in [0.29, 0.717) is 5.69 Å². The molecule has 1 heterocycles. The predicted molar refractivity (Wildman–Crippen MR) is 76.0 cm³/mol. The third-order valence-corrected chi connectivity index (χ3v) is 4.55. The Morgan fingerprint density at radius 2 is 2.22 bits per heavy atom. The van der Waals surface area contributed by atoms with Gasteiger partial charge in [-0.2, -0.15) is 11.8 Å². The molecule has 1 aromatic rings. The van der Waals surface area contributed by atoms with Crippen LogP contribution >= 0.6 is 11.8 Å². The molecule has 4 heteroatoms. The number of aryl methyl sites for hydroxylation is 1. The SMILES string of the molecule is Cc1cccc(C(=O)NCCSC2CCCC2)n1. The van der Waals surface area contributed by atoms with Crippen LogP contribution in [0.4, 0.5) is 0 Å². The molecule has 0 saturated heterocycles. The first kappa shape index (κ1) is 13.4. The number of carbonyl (C=O) groups excluding carboxylic acids is 1. The minimum Gasteiger partial charge on any atom is -0.350 e. The highest BCUT2D eigenvalue weighted by Crippen LogP contribution is 2.28. The number of pyridine rings is 1. The van der Waals surface area contributed by atoms with Gasteiger partial charge in [0.25, 0.3) is 5.91 Å². The fourth-order valence-electron chi connectivity index (χ4n) is 2.21. The van der Waals surface area contributed by atoms with Gasteiger partial charge in [0.1, 0.15) is 5.69 Å². The number of rotatable bonds is 5. The quantitative estimate of drug-likeness (QED) is 0.832. The van der Waals surface area contributed by atoms with E-state index in [-0.39, 0.29) is 5.91 Å². The van der Waals surface area contributed by atoms with Gasteiger partial charge in [-0.25, -0.2) is 4.98 Å². The van der Waals surface area contributed by atoms with E-state index in [0.717, 1.165) is 23.2 Å². The second-order valence-electron chi connectivity index (χ2n) is 4.70. The summed E-state index contributed by atoms with van der Waals surface area (Å²) in [6.07, 6.45) is 5.44. The molecule has 0 radical (unpaired) electrons. The van der Waals surface area contributed by atoms with E-state index < -0.39 is 0 Å². The number of hydrogen-bond acceptors (Lipinski definition) is 3. The molecule has 0 spiro atoms. The standard InChI is InChI=1S/C14H20N2OS/c1-11-5-4-8-13(16-11)14(17)15-9-10-18-12-6-2-3-7-12/h4-5,8,12H,2-3,6-7,9-10H2,1H3,(H,15,17). The molecule has 0 aromatic carbocycles. The lowest BCUT2D eigenvalue weighted by Gasteiger charge is -2.09. The van der Waals surface area contributed by atoms with Crippen molar-refractivity contribution in [3.05, 3.63) is 29.6 Å². The third-order valence-electron chi connectivity index (χ3n) is 3.16. The van der Waals surface area contributed by atoms with Crippen LogP contribution in [0.25, 0.3) is 0 Å². The van der Waals surface area contributed by atoms with Gasteiger partial charge in [0.15, 0.2) is 0 Å². The molecule has 98 valence electrons. The molecule has 2 rings (SSSR count). The highest BCUT2D eigenvalue weighted by molar-refractivity contribution is 7.99. The van der Waals surface area contributed by atoms with Crippen LogP contribution in [0.1, 0.15) is 41.9 Å². The highest BCUT2D eigenvalue weighted by atomic mass is 32.2. The molecule has 1 aliphatic carbocycles. The number of nitrogens with one attached hydrogen (secondary N) is 1. The van der Waals surface area contributed by atoms with Crippen LogP contribution in [0.3, 0.4) is 0 Å². The maximum atomic E-state index is 11.8. The van der Waals surface area contributed by atoms with Crippen molar-refractivity contribution in [3.63, 3.8) is 0 Å². The summed E-state index contributed by atoms with van der Waals surface area (Å²) in [6, 6.07) is 5.52. The lowest BCUT2D eigenvalue weighted by atomic mass is 10.3. The summed E-state index contributed by atoms with van der Waals surface area (Å²) in [5.74, 6) is 0.938. The Hall–Kier alpha value is -1.03. The second kappa shape index (κ2) is 6.78. The Bertz CT molecular complexity index is 403. The molecule has 1 amide bonds. The topological polar surface area (TPSA) is 42.0 Å². The van der Waals surface area contributed by atoms with Crippen LogP contribution in [0.15, 0.2) is 18.2 Å². The van der Waals surface area contributed by atoms with Crippen LogP contribution in [0.5, 0.6) is 0 Å². The number of aromatic nitrogens is 1. The number of amides is 1. The van der Waals surface area contributed by atoms with Crippen molar-refractivity contribution in [1.29, 1.82) is 0 Å². The fourth-order valence-corrected chi connectivity index (χ4v) is 3.43. The third kappa shape index (κ3) is 4.02. The zero-order valence-corrected chi connectivity index (χ0v) is 11.6. The first-order valence-corrected chi connectivity index (χ1v) is 7.64. The van der Waals surface area contributed by atoms with E-state index in [1.54, 1.807) is 6.07 Å². The van der Waals surface area contributed by atoms with Gasteiger partial charge in [-0.1, -0.05) is 18.9 Å². The zero-order valence-electron chi connectivity index (χ0n) is 10.8. The Morgan fingerprint density at radius 3 is 2.94 bits per heavy atom. The van der Waals surface area contributed by atoms with E-state index >= 15 is 0 Å². The largest absolute Gasteiger partial charge is 0.350 e. The fraction of sp³-hybridized carbons (Fsp3) is 0.571. The minimum absolute atomic E-state index is 0.0641. The monoisotopic (exact) mass is 264 g/mol. The van der Waals surface area contributed by atoms with Crippen LogP contribution < -0.4 is 5.32 Å². The van der Waals surface area contributed by atoms with Gasteiger partial charge >= 0.3 is 0 Å². The Labute approximate surface area is 113 Å². The summed E-state index contributed by atoms with van der Waals surface area (Å²) in [7, 11) is 0. The summed E-state index contributed by atoms with van der Waals surface area (Å²) >= 11 is 1.99. The lowest BCUT2D eigenvalue weighted by molar-refractivity contribution is 0.0951. The molecular formula is C14H20N2OS. The summed E-state index contributed by atoms with van der Waals surface area (Å²) < 4.78 is 0. The first-order valence-electron chi connectivity index (χ1n) is 6.59. The Kier molecular flexibility index (Phi) is 5.05. The molecule has 0 atom stereocenters. The second-order valence-corrected chi connectivity index (χ2v) is 6.11. The molecule has 1 saturated carbocycles. The minimum atomic E-state index is -0.0641. The number of hydrogen-bond donors (Lipinski definition) is 1. The van der Waals surface area contributed by atoms with Crippen molar-refractivity contribution >= 4 is 17.7 Å². The number of nitrogens with zero attached hydrogens (tertiary/aromatic N) is 1. The van der Waals surface area contributed by atoms with Gasteiger partial charge in [-0.3, -0.25) is 4.79 Å². The van der Waals surface area contributed by atoms with Crippen molar-refractivity contribution in [2.45, 2.75) is 37.9 Å². The van der Waals surface area contributed by atoms with Crippen molar-refractivity contribution in [2.75, 3.05) is 12.3 Å². The summed E-state index contributed by atoms with van der Waals surface area (Å²) in [5.41, 5.74) is 1.39. The van der Waals surface area contributed by atoms with Gasteiger partial charge in [0.2, 0.25) is 0 Å². The van der Waals surface area contributed by atoms with Gasteiger partial charge in [-0.05, 0) is 31.9 Å². The molecule has 1 aromatic heterocycles. The molecular weight excluding hydrogens is 244 g/mol. The van der Waals surface area contributed by atoms with E-state index in [1.807, 2.05) is 30.8 Å². The van der Waals surface area contributed by atoms with E-state index in [2.05, 4.69) is 10.3 Å². The summed E-state index contributed by atoms with van der Waals surface area (Å²) in [6.45, 7) is 2.63. The number of thioether (sulfide) groups is 1. The van der Waals surface area contributed by atoms with Gasteiger partial charge in [-0.15, -0.1) is 0 Å². The van der Waals surface area contributed by atoms with Crippen molar-refractivity contribution in [2.24, 2.45) is 0 Å². The summed E-state index contributed by atoms with van der Waals surface area (Å²) in [5, 5.41) is 3.75. The molecule has 1 aliphatic rings. The van der Waals surface area contributed by atoms with Crippen molar-refractivity contribution < 1.29 is 4.79 Å². The van der Waals surface area contributed by atoms with Gasteiger partial charge in [0, 0.05) is 23.2 Å². The maximum absolute atomic E-state index is 11.8. The van der Waals surface area contributed by atoms with E-state index in [9.17, 15) is 4.79 Å². The summed E-state index contributed by atoms with van der Waals surface area (Å²) in [4.78, 5) is 16.0. The molecule has 18 heavy (non-hydrogen) atoms. The first-order chi connectivity index (χ1) is 8.75. The van der Waals surface area contributed by atoms with Crippen LogP contribution in [0, 0.1) is 6.92 Å². The molecule has 0 unspecified atom stereocenters. The van der Waals surface area contributed by atoms with E-state index in [4.69, 9.17) is 0 Å². The predicted octanol–water partition coefficient (Wildman–Crippen LogP) is 2.80. The Balaban J connectivity index is 1.68. The van der Waals surface area contributed by atoms with Crippen molar-refractivity contribution in [3.8, 4) is 0 Å². The highest BCUT2D eigenvalue weighted by Gasteiger charge is 2.14. The molecule has 1 N–H and O–H groups in total. The normalized spacial score (nSPS) is 15.8. The van der Waals surface area contributed by atoms with Crippen LogP contribution in [-0.2, 0) is 0 Å². The van der Waals surface area contributed by atoms with Crippen LogP contribution in [0.2, 0.25) is 0 Å². The number of carbonyl (C=O) groups is 1. The molecule has 3 nitrogen and oxygen atoms in total. The average molecular weight is 264 g/mol. The van der Waals surface area contributed by atoms with Crippen LogP contribution in [-0.4, -0.2) is 28.4 Å². The van der Waals surface area contributed by atoms with E-state index in [1.165, 1.54) is 25.7 Å². The average Bonchev–Trinajstić information content (AvgIpc) is 2.87. The molecule has 0 aliphatic heterocycles.